The minimum atomic E-state index is -4.08. The largest absolute Gasteiger partial charge is 0.484 e. The third kappa shape index (κ3) is 8.54. The molecule has 0 radical (unpaired) electrons. The van der Waals surface area contributed by atoms with E-state index in [1.807, 2.05) is 13.8 Å². The van der Waals surface area contributed by atoms with E-state index in [-0.39, 0.29) is 23.5 Å². The molecule has 4 rings (SSSR count). The summed E-state index contributed by atoms with van der Waals surface area (Å²) in [6.45, 7) is 4.38. The number of hydrogen-bond donors (Lipinski definition) is 2. The average Bonchev–Trinajstić information content (AvgIpc) is 3.50. The van der Waals surface area contributed by atoms with Crippen LogP contribution in [0.4, 0.5) is 5.69 Å². The number of sulfonamides is 1. The zero-order valence-electron chi connectivity index (χ0n) is 23.4. The maximum absolute atomic E-state index is 13.5. The summed E-state index contributed by atoms with van der Waals surface area (Å²) in [4.78, 5) is 24.8. The molecule has 1 atom stereocenters. The lowest BCUT2D eigenvalue weighted by Gasteiger charge is -2.24. The first-order valence-electron chi connectivity index (χ1n) is 13.4. The minimum absolute atomic E-state index is 0.00375. The van der Waals surface area contributed by atoms with E-state index in [0.29, 0.717) is 28.6 Å². The fourth-order valence-corrected chi connectivity index (χ4v) is 5.70. The van der Waals surface area contributed by atoms with Gasteiger partial charge in [-0.1, -0.05) is 17.7 Å². The molecule has 0 unspecified atom stereocenters. The van der Waals surface area contributed by atoms with Crippen LogP contribution in [0.15, 0.2) is 76.7 Å². The van der Waals surface area contributed by atoms with Gasteiger partial charge in [0.25, 0.3) is 21.8 Å². The third-order valence-corrected chi connectivity index (χ3v) is 8.71. The Labute approximate surface area is 250 Å². The second kappa shape index (κ2) is 14.3. The summed E-state index contributed by atoms with van der Waals surface area (Å²) in [6.07, 6.45) is 3.44. The van der Waals surface area contributed by atoms with Gasteiger partial charge in [0.1, 0.15) is 12.3 Å². The second-order valence-corrected chi connectivity index (χ2v) is 12.1. The highest BCUT2D eigenvalue weighted by atomic mass is 35.5. The molecule has 1 aliphatic heterocycles. The molecule has 1 aliphatic rings. The lowest BCUT2D eigenvalue weighted by molar-refractivity contribution is -0.123. The van der Waals surface area contributed by atoms with Gasteiger partial charge < -0.3 is 14.8 Å². The van der Waals surface area contributed by atoms with E-state index >= 15 is 0 Å². The van der Waals surface area contributed by atoms with E-state index in [0.717, 1.165) is 34.9 Å². The first-order chi connectivity index (χ1) is 20.1. The zero-order chi connectivity index (χ0) is 30.1. The lowest BCUT2D eigenvalue weighted by Crippen LogP contribution is -2.39. The molecule has 222 valence electrons. The number of nitrogens with one attached hydrogen (secondary N) is 2. The molecule has 0 spiro atoms. The number of ether oxygens (including phenoxy) is 2. The quantitative estimate of drug-likeness (QED) is 0.235. The van der Waals surface area contributed by atoms with Crippen molar-refractivity contribution < 1.29 is 27.5 Å². The number of carbonyl (C=O) groups is 2. The van der Waals surface area contributed by atoms with Gasteiger partial charge in [-0.05, 0) is 104 Å². The number of amides is 2. The topological polar surface area (TPSA) is 126 Å². The molecule has 0 saturated carbocycles. The van der Waals surface area contributed by atoms with Crippen LogP contribution in [0.2, 0.25) is 5.02 Å². The highest BCUT2D eigenvalue weighted by Crippen LogP contribution is 2.26. The van der Waals surface area contributed by atoms with Crippen molar-refractivity contribution in [1.82, 2.24) is 10.7 Å². The second-order valence-electron chi connectivity index (χ2n) is 9.82. The summed E-state index contributed by atoms with van der Waals surface area (Å²) in [6, 6.07) is 17.7. The monoisotopic (exact) mass is 612 g/mol. The molecule has 0 aliphatic carbocycles. The van der Waals surface area contributed by atoms with E-state index in [4.69, 9.17) is 21.1 Å². The summed E-state index contributed by atoms with van der Waals surface area (Å²) in [5, 5.41) is 7.17. The number of rotatable bonds is 12. The van der Waals surface area contributed by atoms with Gasteiger partial charge in [0, 0.05) is 18.2 Å². The van der Waals surface area contributed by atoms with Crippen LogP contribution < -0.4 is 19.8 Å². The first kappa shape index (κ1) is 31.0. The Bertz CT molecular complexity index is 1520. The number of benzene rings is 3. The molecular weight excluding hydrogens is 580 g/mol. The molecule has 3 aromatic rings. The summed E-state index contributed by atoms with van der Waals surface area (Å²) >= 11 is 5.94. The molecule has 1 fully saturated rings. The van der Waals surface area contributed by atoms with Gasteiger partial charge in [-0.25, -0.2) is 13.8 Å². The number of halogens is 1. The highest BCUT2D eigenvalue weighted by molar-refractivity contribution is 7.92. The molecule has 1 heterocycles. The number of anilines is 1. The van der Waals surface area contributed by atoms with Crippen molar-refractivity contribution >= 4 is 45.3 Å². The summed E-state index contributed by atoms with van der Waals surface area (Å²) < 4.78 is 39.1. The molecule has 12 heteroatoms. The molecule has 0 aromatic heterocycles. The van der Waals surface area contributed by atoms with Crippen molar-refractivity contribution in [2.75, 3.05) is 30.6 Å². The SMILES string of the molecule is Cc1ccc(N(CC(=O)N/N=C\c2ccc(OCC(=O)NC[C@H]3CCCO3)cc2)S(=O)(=O)c2ccc(Cl)cc2)cc1C. The third-order valence-electron chi connectivity index (χ3n) is 6.67. The summed E-state index contributed by atoms with van der Waals surface area (Å²) in [7, 11) is -4.08. The van der Waals surface area contributed by atoms with Gasteiger partial charge in [0.15, 0.2) is 6.61 Å². The van der Waals surface area contributed by atoms with Gasteiger partial charge in [0.2, 0.25) is 0 Å². The molecule has 1 saturated heterocycles. The molecule has 0 bridgehead atoms. The van der Waals surface area contributed by atoms with Crippen LogP contribution in [0, 0.1) is 13.8 Å². The van der Waals surface area contributed by atoms with Crippen LogP contribution in [0.3, 0.4) is 0 Å². The van der Waals surface area contributed by atoms with Gasteiger partial charge in [-0.3, -0.25) is 13.9 Å². The summed E-state index contributed by atoms with van der Waals surface area (Å²) in [5.41, 5.74) is 5.27. The Hall–Kier alpha value is -3.93. The van der Waals surface area contributed by atoms with Gasteiger partial charge in [-0.15, -0.1) is 0 Å². The average molecular weight is 613 g/mol. The fraction of sp³-hybridized carbons (Fsp3) is 0.300. The molecule has 2 amide bonds. The standard InChI is InChI=1S/C30H33ClN4O6S/c1-21-5-10-25(16-22(21)2)35(42(38,39)28-13-8-24(31)9-14-28)19-29(36)34-33-17-23-6-11-26(12-7-23)41-20-30(37)32-18-27-4-3-15-40-27/h5-14,16-17,27H,3-4,15,18-20H2,1-2H3,(H,32,37)(H,34,36)/b33-17-/t27-/m1/s1. The van der Waals surface area contributed by atoms with Crippen molar-refractivity contribution in [1.29, 1.82) is 0 Å². The molecule has 42 heavy (non-hydrogen) atoms. The van der Waals surface area contributed by atoms with Crippen LogP contribution >= 0.6 is 11.6 Å². The maximum Gasteiger partial charge on any atom is 0.264 e. The van der Waals surface area contributed by atoms with E-state index in [2.05, 4.69) is 15.8 Å². The molecule has 3 aromatic carbocycles. The van der Waals surface area contributed by atoms with Crippen molar-refractivity contribution in [2.24, 2.45) is 5.10 Å². The van der Waals surface area contributed by atoms with Gasteiger partial charge in [0.05, 0.1) is 22.9 Å². The van der Waals surface area contributed by atoms with Crippen molar-refractivity contribution in [3.63, 3.8) is 0 Å². The number of hydrogen-bond acceptors (Lipinski definition) is 7. The first-order valence-corrected chi connectivity index (χ1v) is 15.2. The maximum atomic E-state index is 13.5. The predicted octanol–water partition coefficient (Wildman–Crippen LogP) is 3.98. The van der Waals surface area contributed by atoms with E-state index < -0.39 is 22.5 Å². The predicted molar refractivity (Wildman–Crippen MR) is 162 cm³/mol. The smallest absolute Gasteiger partial charge is 0.264 e. The van der Waals surface area contributed by atoms with Crippen LogP contribution in [0.5, 0.6) is 5.75 Å². The van der Waals surface area contributed by atoms with Crippen molar-refractivity contribution in [2.45, 2.75) is 37.7 Å². The zero-order valence-corrected chi connectivity index (χ0v) is 25.0. The molecular formula is C30H33ClN4O6S. The van der Waals surface area contributed by atoms with Gasteiger partial charge >= 0.3 is 0 Å². The Morgan fingerprint density at radius 1 is 1.05 bits per heavy atom. The number of hydrazone groups is 1. The normalized spacial score (nSPS) is 15.0. The lowest BCUT2D eigenvalue weighted by atomic mass is 10.1. The van der Waals surface area contributed by atoms with E-state index in [1.165, 1.54) is 30.5 Å². The molecule has 10 nitrogen and oxygen atoms in total. The van der Waals surface area contributed by atoms with Crippen LogP contribution in [-0.4, -0.2) is 58.9 Å². The van der Waals surface area contributed by atoms with E-state index in [9.17, 15) is 18.0 Å². The Kier molecular flexibility index (Phi) is 10.6. The highest BCUT2D eigenvalue weighted by Gasteiger charge is 2.27. The van der Waals surface area contributed by atoms with Crippen LogP contribution in [-0.2, 0) is 24.3 Å². The van der Waals surface area contributed by atoms with Gasteiger partial charge in [-0.2, -0.15) is 5.10 Å². The Balaban J connectivity index is 1.34. The minimum Gasteiger partial charge on any atom is -0.484 e. The Morgan fingerprint density at radius 3 is 2.45 bits per heavy atom. The van der Waals surface area contributed by atoms with Crippen LogP contribution in [0.1, 0.15) is 29.5 Å². The van der Waals surface area contributed by atoms with Crippen LogP contribution in [0.25, 0.3) is 0 Å². The van der Waals surface area contributed by atoms with E-state index in [1.54, 1.807) is 42.5 Å². The number of aryl methyl sites for hydroxylation is 2. The summed E-state index contributed by atoms with van der Waals surface area (Å²) in [5.74, 6) is -0.359. The van der Waals surface area contributed by atoms with Crippen molar-refractivity contribution in [3.8, 4) is 5.75 Å². The number of nitrogens with zero attached hydrogens (tertiary/aromatic N) is 2. The van der Waals surface area contributed by atoms with Crippen molar-refractivity contribution in [3.05, 3.63) is 88.4 Å². The Morgan fingerprint density at radius 2 is 1.79 bits per heavy atom. The number of carbonyl (C=O) groups excluding carboxylic acids is 2. The fourth-order valence-electron chi connectivity index (χ4n) is 4.16. The molecule has 2 N–H and O–H groups in total.